The Morgan fingerprint density at radius 2 is 1.71 bits per heavy atom. The SMILES string of the molecule is CCc1cccc(CNC[C@@H](O)[C@H](Cc2cc(F)cc(F)c2)NC(=O)c2coc3ccccc23)c1. The van der Waals surface area contributed by atoms with Crippen molar-refractivity contribution < 1.29 is 23.1 Å². The average molecular weight is 479 g/mol. The molecule has 4 aromatic rings. The van der Waals surface area contributed by atoms with E-state index in [-0.39, 0.29) is 13.0 Å². The average Bonchev–Trinajstić information content (AvgIpc) is 3.27. The molecule has 0 unspecified atom stereocenters. The first kappa shape index (κ1) is 24.6. The van der Waals surface area contributed by atoms with Crippen LogP contribution in [-0.4, -0.2) is 29.7 Å². The molecule has 0 bridgehead atoms. The lowest BCUT2D eigenvalue weighted by Crippen LogP contribution is -2.48. The maximum Gasteiger partial charge on any atom is 0.255 e. The molecule has 0 aliphatic carbocycles. The van der Waals surface area contributed by atoms with Gasteiger partial charge in [0.05, 0.1) is 17.7 Å². The van der Waals surface area contributed by atoms with Crippen molar-refractivity contribution in [3.63, 3.8) is 0 Å². The fourth-order valence-electron chi connectivity index (χ4n) is 4.13. The van der Waals surface area contributed by atoms with E-state index in [4.69, 9.17) is 4.42 Å². The number of hydrogen-bond donors (Lipinski definition) is 3. The number of furan rings is 1. The third kappa shape index (κ3) is 6.32. The minimum absolute atomic E-state index is 0.0460. The molecule has 0 aliphatic heterocycles. The Bertz CT molecular complexity index is 1280. The quantitative estimate of drug-likeness (QED) is 0.307. The van der Waals surface area contributed by atoms with E-state index in [2.05, 4.69) is 29.7 Å². The van der Waals surface area contributed by atoms with Gasteiger partial charge in [-0.3, -0.25) is 4.79 Å². The van der Waals surface area contributed by atoms with E-state index in [9.17, 15) is 18.7 Å². The molecule has 0 saturated heterocycles. The van der Waals surface area contributed by atoms with Gasteiger partial charge in [-0.05, 0) is 47.7 Å². The van der Waals surface area contributed by atoms with E-state index >= 15 is 0 Å². The van der Waals surface area contributed by atoms with Gasteiger partial charge in [0.2, 0.25) is 0 Å². The van der Waals surface area contributed by atoms with Crippen LogP contribution in [0.5, 0.6) is 0 Å². The van der Waals surface area contributed by atoms with Crippen molar-refractivity contribution in [1.29, 1.82) is 0 Å². The zero-order chi connectivity index (χ0) is 24.8. The second-order valence-electron chi connectivity index (χ2n) is 8.58. The number of rotatable bonds is 10. The number of fused-ring (bicyclic) bond motifs is 1. The maximum absolute atomic E-state index is 13.8. The third-order valence-corrected chi connectivity index (χ3v) is 5.97. The molecule has 2 atom stereocenters. The van der Waals surface area contributed by atoms with Gasteiger partial charge in [0, 0.05) is 24.5 Å². The van der Waals surface area contributed by atoms with E-state index in [0.29, 0.717) is 28.6 Å². The number of aryl methyl sites for hydroxylation is 1. The van der Waals surface area contributed by atoms with Gasteiger partial charge < -0.3 is 20.2 Å². The van der Waals surface area contributed by atoms with Gasteiger partial charge in [0.25, 0.3) is 5.91 Å². The molecule has 35 heavy (non-hydrogen) atoms. The smallest absolute Gasteiger partial charge is 0.255 e. The summed E-state index contributed by atoms with van der Waals surface area (Å²) in [6, 6.07) is 17.7. The molecule has 3 N–H and O–H groups in total. The molecule has 1 amide bonds. The number of aliphatic hydroxyl groups is 1. The summed E-state index contributed by atoms with van der Waals surface area (Å²) in [5, 5.41) is 17.6. The first-order valence-electron chi connectivity index (χ1n) is 11.6. The van der Waals surface area contributed by atoms with Crippen LogP contribution in [0, 0.1) is 11.6 Å². The number of benzene rings is 3. The maximum atomic E-state index is 13.8. The topological polar surface area (TPSA) is 74.5 Å². The van der Waals surface area contributed by atoms with Crippen molar-refractivity contribution in [1.82, 2.24) is 10.6 Å². The van der Waals surface area contributed by atoms with Gasteiger partial charge in [-0.1, -0.05) is 49.4 Å². The molecule has 1 heterocycles. The number of para-hydroxylation sites is 1. The summed E-state index contributed by atoms with van der Waals surface area (Å²) in [5.41, 5.74) is 3.52. The number of halogens is 2. The minimum atomic E-state index is -1.02. The second-order valence-corrected chi connectivity index (χ2v) is 8.58. The molecule has 5 nitrogen and oxygen atoms in total. The third-order valence-electron chi connectivity index (χ3n) is 5.97. The highest BCUT2D eigenvalue weighted by atomic mass is 19.1. The highest BCUT2D eigenvalue weighted by molar-refractivity contribution is 6.06. The van der Waals surface area contributed by atoms with Crippen molar-refractivity contribution in [3.05, 3.63) is 107 Å². The van der Waals surface area contributed by atoms with Gasteiger partial charge in [0.1, 0.15) is 23.5 Å². The van der Waals surface area contributed by atoms with Crippen LogP contribution in [0.25, 0.3) is 11.0 Å². The zero-order valence-electron chi connectivity index (χ0n) is 19.4. The van der Waals surface area contributed by atoms with Crippen molar-refractivity contribution in [2.24, 2.45) is 0 Å². The van der Waals surface area contributed by atoms with Gasteiger partial charge in [-0.15, -0.1) is 0 Å². The Morgan fingerprint density at radius 1 is 0.971 bits per heavy atom. The van der Waals surface area contributed by atoms with Gasteiger partial charge >= 0.3 is 0 Å². The zero-order valence-corrected chi connectivity index (χ0v) is 19.4. The molecule has 0 aliphatic rings. The summed E-state index contributed by atoms with van der Waals surface area (Å²) in [6.45, 7) is 2.79. The largest absolute Gasteiger partial charge is 0.463 e. The molecule has 1 aromatic heterocycles. The minimum Gasteiger partial charge on any atom is -0.463 e. The number of nitrogens with one attached hydrogen (secondary N) is 2. The monoisotopic (exact) mass is 478 g/mol. The highest BCUT2D eigenvalue weighted by Crippen LogP contribution is 2.21. The molecule has 0 spiro atoms. The molecule has 182 valence electrons. The van der Waals surface area contributed by atoms with E-state index in [1.165, 1.54) is 24.0 Å². The summed E-state index contributed by atoms with van der Waals surface area (Å²) >= 11 is 0. The molecule has 0 saturated carbocycles. The van der Waals surface area contributed by atoms with E-state index < -0.39 is 29.7 Å². The lowest BCUT2D eigenvalue weighted by Gasteiger charge is -2.25. The number of amides is 1. The fourth-order valence-corrected chi connectivity index (χ4v) is 4.13. The number of hydrogen-bond acceptors (Lipinski definition) is 4. The van der Waals surface area contributed by atoms with Gasteiger partial charge in [-0.2, -0.15) is 0 Å². The van der Waals surface area contributed by atoms with Gasteiger partial charge in [0.15, 0.2) is 0 Å². The normalized spacial score (nSPS) is 13.0. The Labute approximate surface area is 202 Å². The van der Waals surface area contributed by atoms with Crippen molar-refractivity contribution in [3.8, 4) is 0 Å². The lowest BCUT2D eigenvalue weighted by molar-refractivity contribution is 0.0830. The Morgan fingerprint density at radius 3 is 2.49 bits per heavy atom. The van der Waals surface area contributed by atoms with Gasteiger partial charge in [-0.25, -0.2) is 8.78 Å². The molecule has 3 aromatic carbocycles. The van der Waals surface area contributed by atoms with E-state index in [1.807, 2.05) is 12.1 Å². The van der Waals surface area contributed by atoms with E-state index in [1.54, 1.807) is 24.3 Å². The van der Waals surface area contributed by atoms with Crippen LogP contribution in [-0.2, 0) is 19.4 Å². The van der Waals surface area contributed by atoms with Crippen LogP contribution in [0.1, 0.15) is 34.0 Å². The first-order valence-corrected chi connectivity index (χ1v) is 11.6. The van der Waals surface area contributed by atoms with E-state index in [0.717, 1.165) is 18.1 Å². The number of carbonyl (C=O) groups excluding carboxylic acids is 1. The Kier molecular flexibility index (Phi) is 7.90. The van der Waals surface area contributed by atoms with Crippen LogP contribution in [0.15, 0.2) is 77.4 Å². The van der Waals surface area contributed by atoms with Crippen LogP contribution in [0.4, 0.5) is 8.78 Å². The predicted molar refractivity (Wildman–Crippen MR) is 131 cm³/mol. The first-order chi connectivity index (χ1) is 16.9. The van der Waals surface area contributed by atoms with Crippen LogP contribution >= 0.6 is 0 Å². The lowest BCUT2D eigenvalue weighted by atomic mass is 10.00. The van der Waals surface area contributed by atoms with Crippen LogP contribution in [0.2, 0.25) is 0 Å². The van der Waals surface area contributed by atoms with Crippen molar-refractivity contribution in [2.45, 2.75) is 38.5 Å². The fraction of sp³-hybridized carbons (Fsp3) is 0.250. The van der Waals surface area contributed by atoms with Crippen LogP contribution < -0.4 is 10.6 Å². The van der Waals surface area contributed by atoms with Crippen molar-refractivity contribution in [2.75, 3.05) is 6.54 Å². The summed E-state index contributed by atoms with van der Waals surface area (Å²) in [6.07, 6.45) is 1.32. The summed E-state index contributed by atoms with van der Waals surface area (Å²) < 4.78 is 33.0. The predicted octanol–water partition coefficient (Wildman–Crippen LogP) is 4.77. The second kappa shape index (κ2) is 11.3. The van der Waals surface area contributed by atoms with Crippen LogP contribution in [0.3, 0.4) is 0 Å². The number of aliphatic hydroxyl groups excluding tert-OH is 1. The summed E-state index contributed by atoms with van der Waals surface area (Å²) in [7, 11) is 0. The Balaban J connectivity index is 1.49. The standard InChI is InChI=1S/C28H28F2N2O3/c1-2-18-6-5-7-19(10-18)15-31-16-26(33)25(13-20-11-21(29)14-22(30)12-20)32-28(34)24-17-35-27-9-4-3-8-23(24)27/h3-12,14,17,25-26,31,33H,2,13,15-16H2,1H3,(H,32,34)/t25-,26+/m0/s1. The Hall–Kier alpha value is -3.55. The summed E-state index contributed by atoms with van der Waals surface area (Å²) in [4.78, 5) is 13.1. The van der Waals surface area contributed by atoms with Crippen molar-refractivity contribution >= 4 is 16.9 Å². The molecular weight excluding hydrogens is 450 g/mol. The molecule has 0 fully saturated rings. The number of carbonyl (C=O) groups is 1. The highest BCUT2D eigenvalue weighted by Gasteiger charge is 2.24. The summed E-state index contributed by atoms with van der Waals surface area (Å²) in [5.74, 6) is -1.87. The molecule has 7 heteroatoms. The molecule has 4 rings (SSSR count). The molecule has 0 radical (unpaired) electrons. The molecular formula is C28H28F2N2O3.